The minimum Gasteiger partial charge on any atom is -0.310 e. The van der Waals surface area contributed by atoms with Crippen LogP contribution in [-0.4, -0.2) is 16.3 Å². The molecule has 1 heterocycles. The molecule has 1 rings (SSSR count). The van der Waals surface area contributed by atoms with Crippen molar-refractivity contribution < 1.29 is 0 Å². The Morgan fingerprint density at radius 2 is 2.05 bits per heavy atom. The Hall–Kier alpha value is -1.09. The lowest BCUT2D eigenvalue weighted by molar-refractivity contribution is 0.468. The normalized spacial score (nSPS) is 12.6. The lowest BCUT2D eigenvalue weighted by atomic mass is 9.98. The molecule has 0 aliphatic carbocycles. The highest BCUT2D eigenvalue weighted by Crippen LogP contribution is 2.26. The molecule has 3 heteroatoms. The summed E-state index contributed by atoms with van der Waals surface area (Å²) in [6, 6.07) is 0.451. The van der Waals surface area contributed by atoms with Crippen LogP contribution in [0.3, 0.4) is 0 Å². The highest BCUT2D eigenvalue weighted by molar-refractivity contribution is 5.28. The van der Waals surface area contributed by atoms with Crippen LogP contribution in [0.4, 0.5) is 0 Å². The van der Waals surface area contributed by atoms with Gasteiger partial charge < -0.3 is 5.32 Å². The molecule has 1 unspecified atom stereocenters. The zero-order valence-corrected chi connectivity index (χ0v) is 13.7. The second-order valence-corrected chi connectivity index (χ2v) is 5.64. The molecule has 0 fully saturated rings. The monoisotopic (exact) mass is 277 g/mol. The number of hydrogen-bond acceptors (Lipinski definition) is 2. The Bertz CT molecular complexity index is 407. The summed E-state index contributed by atoms with van der Waals surface area (Å²) in [5, 5.41) is 8.26. The van der Waals surface area contributed by atoms with E-state index in [-0.39, 0.29) is 0 Å². The minimum absolute atomic E-state index is 0.451. The molecule has 0 aliphatic heterocycles. The number of nitrogens with one attached hydrogen (secondary N) is 1. The molecular weight excluding hydrogens is 246 g/mol. The van der Waals surface area contributed by atoms with Crippen LogP contribution in [0.5, 0.6) is 0 Å². The Balaban J connectivity index is 2.65. The molecule has 0 amide bonds. The van der Waals surface area contributed by atoms with Crippen molar-refractivity contribution in [2.75, 3.05) is 6.54 Å². The van der Waals surface area contributed by atoms with Gasteiger partial charge in [-0.15, -0.1) is 6.58 Å². The van der Waals surface area contributed by atoms with Crippen molar-refractivity contribution >= 4 is 0 Å². The summed E-state index contributed by atoms with van der Waals surface area (Å²) in [6.07, 6.45) is 9.34. The van der Waals surface area contributed by atoms with Gasteiger partial charge in [0.2, 0.25) is 0 Å². The molecule has 0 spiro atoms. The zero-order chi connectivity index (χ0) is 15.0. The van der Waals surface area contributed by atoms with E-state index in [1.54, 1.807) is 0 Å². The van der Waals surface area contributed by atoms with Gasteiger partial charge in [0.05, 0.1) is 5.69 Å². The van der Waals surface area contributed by atoms with Crippen LogP contribution >= 0.6 is 0 Å². The lowest BCUT2D eigenvalue weighted by Crippen LogP contribution is -2.23. The smallest absolute Gasteiger partial charge is 0.0644 e. The number of hydrogen-bond donors (Lipinski definition) is 1. The van der Waals surface area contributed by atoms with Crippen LogP contribution in [0.1, 0.15) is 68.4 Å². The van der Waals surface area contributed by atoms with E-state index in [1.807, 2.05) is 17.8 Å². The van der Waals surface area contributed by atoms with E-state index < -0.39 is 0 Å². The first-order chi connectivity index (χ1) is 9.61. The van der Waals surface area contributed by atoms with Crippen molar-refractivity contribution in [3.63, 3.8) is 0 Å². The van der Waals surface area contributed by atoms with Crippen molar-refractivity contribution in [3.8, 4) is 0 Å². The van der Waals surface area contributed by atoms with Crippen molar-refractivity contribution in [1.82, 2.24) is 15.1 Å². The molecule has 0 bridgehead atoms. The molecular formula is C17H31N3. The topological polar surface area (TPSA) is 29.9 Å². The first-order valence-electron chi connectivity index (χ1n) is 7.96. The summed E-state index contributed by atoms with van der Waals surface area (Å²) < 4.78 is 2.00. The van der Waals surface area contributed by atoms with Crippen molar-refractivity contribution in [3.05, 3.63) is 29.6 Å². The van der Waals surface area contributed by atoms with E-state index in [4.69, 9.17) is 0 Å². The fourth-order valence-corrected chi connectivity index (χ4v) is 2.78. The van der Waals surface area contributed by atoms with Crippen molar-refractivity contribution in [2.45, 2.75) is 65.3 Å². The predicted octanol–water partition coefficient (Wildman–Crippen LogP) is 4.21. The van der Waals surface area contributed by atoms with E-state index >= 15 is 0 Å². The van der Waals surface area contributed by atoms with Crippen LogP contribution in [0.15, 0.2) is 12.7 Å². The van der Waals surface area contributed by atoms with Gasteiger partial charge in [0.15, 0.2) is 0 Å². The molecule has 20 heavy (non-hydrogen) atoms. The summed E-state index contributed by atoms with van der Waals surface area (Å²) in [6.45, 7) is 11.4. The van der Waals surface area contributed by atoms with E-state index in [1.165, 1.54) is 49.1 Å². The van der Waals surface area contributed by atoms with Gasteiger partial charge in [0, 0.05) is 24.3 Å². The Morgan fingerprint density at radius 3 is 2.60 bits per heavy atom. The third kappa shape index (κ3) is 4.78. The van der Waals surface area contributed by atoms with Crippen LogP contribution < -0.4 is 5.32 Å². The number of unbranched alkanes of at least 4 members (excludes halogenated alkanes) is 3. The molecule has 1 atom stereocenters. The average Bonchev–Trinajstić information content (AvgIpc) is 2.67. The van der Waals surface area contributed by atoms with Gasteiger partial charge in [-0.25, -0.2) is 0 Å². The molecule has 0 saturated carbocycles. The molecule has 0 saturated heterocycles. The van der Waals surface area contributed by atoms with Gasteiger partial charge in [-0.05, 0) is 46.1 Å². The average molecular weight is 277 g/mol. The number of nitrogens with zero attached hydrogens (tertiary/aromatic N) is 2. The fourth-order valence-electron chi connectivity index (χ4n) is 2.78. The zero-order valence-electron chi connectivity index (χ0n) is 13.7. The van der Waals surface area contributed by atoms with E-state index in [0.29, 0.717) is 6.04 Å². The molecule has 1 N–H and O–H groups in total. The standard InChI is InChI=1S/C17H31N3/c1-6-8-9-10-11-12-16(18-13-7-2)17-14(3)19-20(5)15(17)4/h6,16,18H,1,7-13H2,2-5H3. The Labute approximate surface area is 124 Å². The van der Waals surface area contributed by atoms with Crippen LogP contribution in [0.25, 0.3) is 0 Å². The maximum atomic E-state index is 4.56. The second kappa shape index (κ2) is 8.96. The lowest BCUT2D eigenvalue weighted by Gasteiger charge is -2.19. The molecule has 0 aromatic carbocycles. The maximum absolute atomic E-state index is 4.56. The minimum atomic E-state index is 0.451. The summed E-state index contributed by atoms with van der Waals surface area (Å²) in [7, 11) is 2.03. The Morgan fingerprint density at radius 1 is 1.30 bits per heavy atom. The van der Waals surface area contributed by atoms with E-state index in [2.05, 4.69) is 37.8 Å². The maximum Gasteiger partial charge on any atom is 0.0644 e. The van der Waals surface area contributed by atoms with E-state index in [9.17, 15) is 0 Å². The van der Waals surface area contributed by atoms with Crippen LogP contribution in [-0.2, 0) is 7.05 Å². The highest BCUT2D eigenvalue weighted by atomic mass is 15.3. The fraction of sp³-hybridized carbons (Fsp3) is 0.706. The molecule has 1 aromatic rings. The summed E-state index contributed by atoms with van der Waals surface area (Å²) >= 11 is 0. The first kappa shape index (κ1) is 17.0. The second-order valence-electron chi connectivity index (χ2n) is 5.64. The summed E-state index contributed by atoms with van der Waals surface area (Å²) in [4.78, 5) is 0. The molecule has 3 nitrogen and oxygen atoms in total. The molecule has 1 aromatic heterocycles. The Kier molecular flexibility index (Phi) is 7.60. The highest BCUT2D eigenvalue weighted by Gasteiger charge is 2.19. The SMILES string of the molecule is C=CCCCCCC(NCCC)c1c(C)nn(C)c1C. The van der Waals surface area contributed by atoms with E-state index in [0.717, 1.165) is 13.0 Å². The largest absolute Gasteiger partial charge is 0.310 e. The number of aromatic nitrogens is 2. The summed E-state index contributed by atoms with van der Waals surface area (Å²) in [5.41, 5.74) is 3.87. The van der Waals surface area contributed by atoms with Crippen molar-refractivity contribution in [2.24, 2.45) is 7.05 Å². The van der Waals surface area contributed by atoms with Gasteiger partial charge >= 0.3 is 0 Å². The third-order valence-electron chi connectivity index (χ3n) is 3.96. The molecule has 0 aliphatic rings. The quantitative estimate of drug-likeness (QED) is 0.513. The number of allylic oxidation sites excluding steroid dienone is 1. The third-order valence-corrected chi connectivity index (χ3v) is 3.96. The first-order valence-corrected chi connectivity index (χ1v) is 7.96. The predicted molar refractivity (Wildman–Crippen MR) is 87.0 cm³/mol. The van der Waals surface area contributed by atoms with Gasteiger partial charge in [-0.2, -0.15) is 5.10 Å². The van der Waals surface area contributed by atoms with Crippen LogP contribution in [0, 0.1) is 13.8 Å². The van der Waals surface area contributed by atoms with Gasteiger partial charge in [0.1, 0.15) is 0 Å². The number of rotatable bonds is 10. The van der Waals surface area contributed by atoms with Crippen LogP contribution in [0.2, 0.25) is 0 Å². The van der Waals surface area contributed by atoms with Crippen molar-refractivity contribution in [1.29, 1.82) is 0 Å². The molecule has 0 radical (unpaired) electrons. The van der Waals surface area contributed by atoms with Gasteiger partial charge in [0.25, 0.3) is 0 Å². The van der Waals surface area contributed by atoms with Gasteiger partial charge in [-0.1, -0.05) is 25.8 Å². The summed E-state index contributed by atoms with van der Waals surface area (Å²) in [5.74, 6) is 0. The number of aryl methyl sites for hydroxylation is 2. The molecule has 114 valence electrons. The van der Waals surface area contributed by atoms with Gasteiger partial charge in [-0.3, -0.25) is 4.68 Å².